The third-order valence-corrected chi connectivity index (χ3v) is 4.55. The molecule has 0 unspecified atom stereocenters. The first-order chi connectivity index (χ1) is 12.7. The van der Waals surface area contributed by atoms with E-state index in [9.17, 15) is 4.39 Å². The highest BCUT2D eigenvalue weighted by Crippen LogP contribution is 2.25. The maximum atomic E-state index is 14.3. The number of nitrogens with zero attached hydrogens (tertiary/aromatic N) is 4. The number of aryl methyl sites for hydroxylation is 2. The third kappa shape index (κ3) is 2.94. The van der Waals surface area contributed by atoms with Crippen LogP contribution in [0.1, 0.15) is 29.4 Å². The van der Waals surface area contributed by atoms with Crippen molar-refractivity contribution < 1.29 is 4.39 Å². The van der Waals surface area contributed by atoms with Gasteiger partial charge in [-0.15, -0.1) is 0 Å². The Morgan fingerprint density at radius 3 is 2.62 bits per heavy atom. The van der Waals surface area contributed by atoms with Crippen LogP contribution in [-0.4, -0.2) is 24.9 Å². The minimum atomic E-state index is -0.462. The Balaban J connectivity index is 1.72. The standard InChI is InChI=1S/C20H18FN5/c1-3-17-5-4-13(8-22-17)15-6-14(19(21)23-9-15)7-16-10-24-20-18(16)12(2)25-11-26-20/h4-6,8-11H,3,7H2,1-2H3,(H,24,25,26). The van der Waals surface area contributed by atoms with Crippen molar-refractivity contribution in [2.24, 2.45) is 0 Å². The average molecular weight is 347 g/mol. The van der Waals surface area contributed by atoms with E-state index >= 15 is 0 Å². The van der Waals surface area contributed by atoms with Crippen LogP contribution in [0.2, 0.25) is 0 Å². The summed E-state index contributed by atoms with van der Waals surface area (Å²) in [5.74, 6) is -0.462. The van der Waals surface area contributed by atoms with E-state index in [0.29, 0.717) is 12.0 Å². The van der Waals surface area contributed by atoms with E-state index in [2.05, 4.69) is 31.8 Å². The lowest BCUT2D eigenvalue weighted by molar-refractivity contribution is 0.570. The largest absolute Gasteiger partial charge is 0.346 e. The fourth-order valence-corrected chi connectivity index (χ4v) is 3.12. The SMILES string of the molecule is CCc1ccc(-c2cnc(F)c(Cc3c[nH]c4ncnc(C)c34)c2)cn1. The molecular formula is C20H18FN5. The Hall–Kier alpha value is -3.15. The smallest absolute Gasteiger partial charge is 0.216 e. The van der Waals surface area contributed by atoms with E-state index in [1.807, 2.05) is 31.3 Å². The molecule has 0 spiro atoms. The molecule has 0 saturated heterocycles. The minimum absolute atomic E-state index is 0.418. The van der Waals surface area contributed by atoms with E-state index in [4.69, 9.17) is 0 Å². The van der Waals surface area contributed by atoms with Crippen molar-refractivity contribution in [3.63, 3.8) is 0 Å². The van der Waals surface area contributed by atoms with Gasteiger partial charge in [-0.3, -0.25) is 4.98 Å². The zero-order valence-corrected chi connectivity index (χ0v) is 14.6. The first-order valence-corrected chi connectivity index (χ1v) is 8.53. The first-order valence-electron chi connectivity index (χ1n) is 8.53. The lowest BCUT2D eigenvalue weighted by atomic mass is 10.0. The van der Waals surface area contributed by atoms with Crippen LogP contribution in [0.3, 0.4) is 0 Å². The molecule has 4 aromatic heterocycles. The molecule has 4 heterocycles. The van der Waals surface area contributed by atoms with Gasteiger partial charge in [-0.2, -0.15) is 4.39 Å². The van der Waals surface area contributed by atoms with Crippen LogP contribution >= 0.6 is 0 Å². The monoisotopic (exact) mass is 347 g/mol. The van der Waals surface area contributed by atoms with Crippen molar-refractivity contribution in [2.45, 2.75) is 26.7 Å². The number of H-pyrrole nitrogens is 1. The maximum absolute atomic E-state index is 14.3. The molecule has 0 atom stereocenters. The lowest BCUT2D eigenvalue weighted by Crippen LogP contribution is -1.98. The molecule has 0 aliphatic heterocycles. The summed E-state index contributed by atoms with van der Waals surface area (Å²) in [4.78, 5) is 19.9. The number of hydrogen-bond acceptors (Lipinski definition) is 4. The summed E-state index contributed by atoms with van der Waals surface area (Å²) in [6.45, 7) is 3.99. The molecule has 5 nitrogen and oxygen atoms in total. The van der Waals surface area contributed by atoms with Gasteiger partial charge in [0, 0.05) is 52.8 Å². The number of hydrogen-bond donors (Lipinski definition) is 1. The van der Waals surface area contributed by atoms with Crippen molar-refractivity contribution in [1.82, 2.24) is 24.9 Å². The molecule has 6 heteroatoms. The van der Waals surface area contributed by atoms with Crippen LogP contribution in [0.4, 0.5) is 4.39 Å². The molecule has 4 rings (SSSR count). The molecule has 0 amide bonds. The Morgan fingerprint density at radius 2 is 1.85 bits per heavy atom. The molecule has 0 fully saturated rings. The number of rotatable bonds is 4. The van der Waals surface area contributed by atoms with Crippen molar-refractivity contribution in [1.29, 1.82) is 0 Å². The molecule has 0 saturated carbocycles. The van der Waals surface area contributed by atoms with Crippen LogP contribution in [0, 0.1) is 12.9 Å². The molecule has 130 valence electrons. The van der Waals surface area contributed by atoms with Gasteiger partial charge in [0.25, 0.3) is 0 Å². The number of nitrogens with one attached hydrogen (secondary N) is 1. The Morgan fingerprint density at radius 1 is 1.00 bits per heavy atom. The Labute approximate surface area is 150 Å². The van der Waals surface area contributed by atoms with Gasteiger partial charge < -0.3 is 4.98 Å². The predicted molar refractivity (Wildman–Crippen MR) is 98.2 cm³/mol. The number of aromatic amines is 1. The summed E-state index contributed by atoms with van der Waals surface area (Å²) < 4.78 is 14.3. The van der Waals surface area contributed by atoms with Gasteiger partial charge in [0.1, 0.15) is 12.0 Å². The Bertz CT molecular complexity index is 1070. The van der Waals surface area contributed by atoms with E-state index in [1.54, 1.807) is 12.4 Å². The highest BCUT2D eigenvalue weighted by atomic mass is 19.1. The summed E-state index contributed by atoms with van der Waals surface area (Å²) in [6.07, 6.45) is 8.03. The minimum Gasteiger partial charge on any atom is -0.346 e. The van der Waals surface area contributed by atoms with Crippen LogP contribution in [0.15, 0.2) is 43.1 Å². The zero-order valence-electron chi connectivity index (χ0n) is 14.6. The molecule has 0 aromatic carbocycles. The van der Waals surface area contributed by atoms with Gasteiger partial charge in [-0.05, 0) is 31.0 Å². The summed E-state index contributed by atoms with van der Waals surface area (Å²) >= 11 is 0. The normalized spacial score (nSPS) is 11.2. The third-order valence-electron chi connectivity index (χ3n) is 4.55. The maximum Gasteiger partial charge on any atom is 0.216 e. The second-order valence-corrected chi connectivity index (χ2v) is 6.24. The molecule has 1 N–H and O–H groups in total. The fourth-order valence-electron chi connectivity index (χ4n) is 3.12. The van der Waals surface area contributed by atoms with Gasteiger partial charge in [-0.1, -0.05) is 13.0 Å². The summed E-state index contributed by atoms with van der Waals surface area (Å²) in [5.41, 5.74) is 5.92. The van der Waals surface area contributed by atoms with Gasteiger partial charge in [0.2, 0.25) is 5.95 Å². The zero-order chi connectivity index (χ0) is 18.1. The average Bonchev–Trinajstić information content (AvgIpc) is 3.08. The van der Waals surface area contributed by atoms with Crippen LogP contribution in [0.25, 0.3) is 22.2 Å². The van der Waals surface area contributed by atoms with Crippen molar-refractivity contribution in [2.75, 3.05) is 0 Å². The summed E-state index contributed by atoms with van der Waals surface area (Å²) in [5, 5.41) is 0.936. The van der Waals surface area contributed by atoms with Crippen LogP contribution in [0.5, 0.6) is 0 Å². The van der Waals surface area contributed by atoms with Gasteiger partial charge >= 0.3 is 0 Å². The summed E-state index contributed by atoms with van der Waals surface area (Å²) in [7, 11) is 0. The highest BCUT2D eigenvalue weighted by molar-refractivity contribution is 5.82. The van der Waals surface area contributed by atoms with E-state index in [1.165, 1.54) is 6.33 Å². The predicted octanol–water partition coefficient (Wildman–Crippen LogP) is 4.02. The number of fused-ring (bicyclic) bond motifs is 1. The van der Waals surface area contributed by atoms with Crippen molar-refractivity contribution in [3.8, 4) is 11.1 Å². The number of aromatic nitrogens is 5. The van der Waals surface area contributed by atoms with Crippen molar-refractivity contribution in [3.05, 3.63) is 71.6 Å². The van der Waals surface area contributed by atoms with Gasteiger partial charge in [0.15, 0.2) is 0 Å². The van der Waals surface area contributed by atoms with Crippen LogP contribution in [-0.2, 0) is 12.8 Å². The lowest BCUT2D eigenvalue weighted by Gasteiger charge is -2.07. The summed E-state index contributed by atoms with van der Waals surface area (Å²) in [6, 6.07) is 5.82. The second kappa shape index (κ2) is 6.63. The van der Waals surface area contributed by atoms with E-state index in [-0.39, 0.29) is 0 Å². The fraction of sp³-hybridized carbons (Fsp3) is 0.200. The van der Waals surface area contributed by atoms with Crippen LogP contribution < -0.4 is 0 Å². The van der Waals surface area contributed by atoms with E-state index in [0.717, 1.165) is 45.5 Å². The van der Waals surface area contributed by atoms with E-state index < -0.39 is 5.95 Å². The molecule has 26 heavy (non-hydrogen) atoms. The number of pyridine rings is 2. The highest BCUT2D eigenvalue weighted by Gasteiger charge is 2.13. The molecule has 0 aliphatic carbocycles. The van der Waals surface area contributed by atoms with Gasteiger partial charge in [0.05, 0.1) is 5.69 Å². The molecule has 0 bridgehead atoms. The quantitative estimate of drug-likeness (QED) is 0.566. The molecule has 0 aliphatic rings. The first kappa shape index (κ1) is 16.3. The topological polar surface area (TPSA) is 67.3 Å². The molecule has 4 aromatic rings. The second-order valence-electron chi connectivity index (χ2n) is 6.24. The molecular weight excluding hydrogens is 329 g/mol. The molecule has 0 radical (unpaired) electrons. The number of halogens is 1. The Kier molecular flexibility index (Phi) is 4.16. The van der Waals surface area contributed by atoms with Gasteiger partial charge in [-0.25, -0.2) is 15.0 Å². The van der Waals surface area contributed by atoms with Crippen molar-refractivity contribution >= 4 is 11.0 Å².